The van der Waals surface area contributed by atoms with E-state index in [9.17, 15) is 27.9 Å². The lowest BCUT2D eigenvalue weighted by molar-refractivity contribution is -0.174. The van der Waals surface area contributed by atoms with E-state index in [1.165, 1.54) is 10.8 Å². The minimum absolute atomic E-state index is 0.250. The van der Waals surface area contributed by atoms with Crippen molar-refractivity contribution in [3.63, 3.8) is 0 Å². The molecule has 0 fully saturated rings. The molecule has 5 rings (SSSR count). The highest BCUT2D eigenvalue weighted by Crippen LogP contribution is 2.50. The third-order valence-corrected chi connectivity index (χ3v) is 8.37. The number of alkyl halides is 3. The van der Waals surface area contributed by atoms with Crippen molar-refractivity contribution in [3.8, 4) is 5.75 Å². The summed E-state index contributed by atoms with van der Waals surface area (Å²) >= 11 is 1.65. The van der Waals surface area contributed by atoms with Crippen molar-refractivity contribution in [1.29, 1.82) is 0 Å². The van der Waals surface area contributed by atoms with E-state index < -0.39 is 47.0 Å². The largest absolute Gasteiger partial charge is 0.503 e. The van der Waals surface area contributed by atoms with Gasteiger partial charge in [-0.15, -0.1) is 11.8 Å². The third kappa shape index (κ3) is 4.17. The second-order valence-corrected chi connectivity index (χ2v) is 10.6. The van der Waals surface area contributed by atoms with Gasteiger partial charge < -0.3 is 19.5 Å². The second kappa shape index (κ2) is 9.16. The smallest absolute Gasteiger partial charge is 0.408 e. The van der Waals surface area contributed by atoms with E-state index in [1.807, 2.05) is 61.5 Å². The van der Waals surface area contributed by atoms with Crippen LogP contribution in [-0.4, -0.2) is 53.3 Å². The summed E-state index contributed by atoms with van der Waals surface area (Å²) in [5.74, 6) is -1.65. The SMILES string of the molecule is C[C@@H](N1CC([C@@H]2c3ccccc3SCc3cccc(N(C)C)c32)n2ccc(=O)c(O)c2C1=O)C(F)(F)F. The van der Waals surface area contributed by atoms with Gasteiger partial charge in [0.2, 0.25) is 5.43 Å². The van der Waals surface area contributed by atoms with Crippen LogP contribution >= 0.6 is 11.8 Å². The number of anilines is 1. The summed E-state index contributed by atoms with van der Waals surface area (Å²) in [4.78, 5) is 29.4. The van der Waals surface area contributed by atoms with Crippen LogP contribution in [0.5, 0.6) is 5.75 Å². The molecule has 3 atom stereocenters. The molecular weight excluding hydrogens is 503 g/mol. The van der Waals surface area contributed by atoms with Crippen LogP contribution in [0.3, 0.4) is 0 Å². The quantitative estimate of drug-likeness (QED) is 0.517. The molecule has 0 saturated heterocycles. The lowest BCUT2D eigenvalue weighted by Crippen LogP contribution is -2.54. The van der Waals surface area contributed by atoms with Gasteiger partial charge in [0.1, 0.15) is 6.04 Å². The van der Waals surface area contributed by atoms with Crippen LogP contribution in [0.15, 0.2) is 64.4 Å². The van der Waals surface area contributed by atoms with Gasteiger partial charge in [-0.2, -0.15) is 13.2 Å². The van der Waals surface area contributed by atoms with E-state index in [1.54, 1.807) is 11.8 Å². The lowest BCUT2D eigenvalue weighted by Gasteiger charge is -2.43. The minimum atomic E-state index is -4.68. The number of nitrogens with zero attached hydrogens (tertiary/aromatic N) is 3. The van der Waals surface area contributed by atoms with Gasteiger partial charge >= 0.3 is 6.18 Å². The Morgan fingerprint density at radius 3 is 2.51 bits per heavy atom. The van der Waals surface area contributed by atoms with Crippen molar-refractivity contribution in [1.82, 2.24) is 9.47 Å². The van der Waals surface area contributed by atoms with E-state index in [4.69, 9.17) is 0 Å². The molecular formula is C27H26F3N3O3S. The molecule has 10 heteroatoms. The lowest BCUT2D eigenvalue weighted by atomic mass is 9.80. The van der Waals surface area contributed by atoms with Crippen LogP contribution in [0.4, 0.5) is 18.9 Å². The molecule has 1 N–H and O–H groups in total. The topological polar surface area (TPSA) is 65.8 Å². The number of fused-ring (bicyclic) bond motifs is 3. The summed E-state index contributed by atoms with van der Waals surface area (Å²) in [7, 11) is 3.82. The molecule has 1 aromatic heterocycles. The number of carbonyl (C=O) groups excluding carboxylic acids is 1. The van der Waals surface area contributed by atoms with Gasteiger partial charge in [0.05, 0.1) is 6.04 Å². The fourth-order valence-corrected chi connectivity index (χ4v) is 6.47. The maximum absolute atomic E-state index is 13.9. The van der Waals surface area contributed by atoms with Crippen molar-refractivity contribution in [3.05, 3.63) is 87.3 Å². The molecule has 0 radical (unpaired) electrons. The first-order valence-electron chi connectivity index (χ1n) is 11.8. The van der Waals surface area contributed by atoms with E-state index >= 15 is 0 Å². The van der Waals surface area contributed by atoms with Crippen molar-refractivity contribution in [2.45, 2.75) is 41.7 Å². The molecule has 0 saturated carbocycles. The van der Waals surface area contributed by atoms with Crippen molar-refractivity contribution < 1.29 is 23.1 Å². The monoisotopic (exact) mass is 529 g/mol. The summed E-state index contributed by atoms with van der Waals surface area (Å²) in [6, 6.07) is 12.0. The zero-order chi connectivity index (χ0) is 26.6. The van der Waals surface area contributed by atoms with Crippen LogP contribution in [-0.2, 0) is 5.75 Å². The van der Waals surface area contributed by atoms with E-state index in [0.29, 0.717) is 5.75 Å². The second-order valence-electron chi connectivity index (χ2n) is 9.58. The molecule has 194 valence electrons. The average molecular weight is 530 g/mol. The van der Waals surface area contributed by atoms with Crippen LogP contribution < -0.4 is 10.3 Å². The highest BCUT2D eigenvalue weighted by Gasteiger charge is 2.48. The molecule has 6 nitrogen and oxygen atoms in total. The van der Waals surface area contributed by atoms with Gasteiger partial charge in [-0.05, 0) is 35.7 Å². The number of benzene rings is 2. The summed E-state index contributed by atoms with van der Waals surface area (Å²) in [5.41, 5.74) is 2.59. The van der Waals surface area contributed by atoms with Gasteiger partial charge in [0, 0.05) is 55.2 Å². The molecule has 2 aliphatic rings. The number of pyridine rings is 1. The zero-order valence-electron chi connectivity index (χ0n) is 20.5. The number of halogens is 3. The Hall–Kier alpha value is -3.40. The number of aromatic nitrogens is 1. The molecule has 1 amide bonds. The Morgan fingerprint density at radius 1 is 1.08 bits per heavy atom. The van der Waals surface area contributed by atoms with Gasteiger partial charge in [0.15, 0.2) is 11.4 Å². The van der Waals surface area contributed by atoms with Crippen molar-refractivity contribution in [2.75, 3.05) is 25.5 Å². The number of carbonyl (C=O) groups is 1. The van der Waals surface area contributed by atoms with Gasteiger partial charge in [-0.25, -0.2) is 0 Å². The number of hydrogen-bond donors (Lipinski definition) is 1. The Balaban J connectivity index is 1.82. The summed E-state index contributed by atoms with van der Waals surface area (Å²) in [6.07, 6.45) is -3.27. The van der Waals surface area contributed by atoms with E-state index in [2.05, 4.69) is 0 Å². The van der Waals surface area contributed by atoms with Crippen LogP contribution in [0.2, 0.25) is 0 Å². The maximum atomic E-state index is 13.9. The normalized spacial score (nSPS) is 19.9. The number of thioether (sulfide) groups is 1. The van der Waals surface area contributed by atoms with Crippen LogP contribution in [0.1, 0.15) is 46.1 Å². The molecule has 3 heterocycles. The highest BCUT2D eigenvalue weighted by atomic mass is 32.2. The minimum Gasteiger partial charge on any atom is -0.503 e. The number of amides is 1. The Kier molecular flexibility index (Phi) is 6.26. The molecule has 3 aromatic rings. The van der Waals surface area contributed by atoms with Crippen LogP contribution in [0, 0.1) is 0 Å². The zero-order valence-corrected chi connectivity index (χ0v) is 21.3. The van der Waals surface area contributed by atoms with Gasteiger partial charge in [0.25, 0.3) is 5.91 Å². The first kappa shape index (κ1) is 25.3. The number of rotatable bonds is 3. The number of hydrogen-bond acceptors (Lipinski definition) is 5. The average Bonchev–Trinajstić information content (AvgIpc) is 3.02. The summed E-state index contributed by atoms with van der Waals surface area (Å²) in [5, 5.41) is 10.6. The van der Waals surface area contributed by atoms with Crippen molar-refractivity contribution >= 4 is 23.4 Å². The molecule has 0 bridgehead atoms. The Labute approximate surface area is 216 Å². The first-order valence-corrected chi connectivity index (χ1v) is 12.8. The molecule has 37 heavy (non-hydrogen) atoms. The van der Waals surface area contributed by atoms with Crippen molar-refractivity contribution in [2.24, 2.45) is 0 Å². The summed E-state index contributed by atoms with van der Waals surface area (Å²) < 4.78 is 43.2. The highest BCUT2D eigenvalue weighted by molar-refractivity contribution is 7.98. The fraction of sp³-hybridized carbons (Fsp3) is 0.333. The summed E-state index contributed by atoms with van der Waals surface area (Å²) in [6.45, 7) is 0.679. The fourth-order valence-electron chi connectivity index (χ4n) is 5.37. The van der Waals surface area contributed by atoms with Gasteiger partial charge in [-0.3, -0.25) is 9.59 Å². The molecule has 0 spiro atoms. The molecule has 1 unspecified atom stereocenters. The van der Waals surface area contributed by atoms with E-state index in [-0.39, 0.29) is 6.54 Å². The Morgan fingerprint density at radius 2 is 1.81 bits per heavy atom. The standard InChI is InChI=1S/C27H26F3N3O3S/c1-15(27(28,29)30)33-13-19(32-12-11-20(34)25(35)24(32)26(33)36)23-17-8-4-5-10-21(17)37-14-16-7-6-9-18(22(16)23)31(2)3/h4-12,15,19,23,35H,13-14H2,1-3H3/t15-,19?,23+/m1/s1. The first-order chi connectivity index (χ1) is 17.5. The predicted molar refractivity (Wildman–Crippen MR) is 137 cm³/mol. The number of aromatic hydroxyl groups is 1. The maximum Gasteiger partial charge on any atom is 0.408 e. The Bertz CT molecular complexity index is 1440. The predicted octanol–water partition coefficient (Wildman–Crippen LogP) is 5.01. The van der Waals surface area contributed by atoms with Crippen LogP contribution in [0.25, 0.3) is 0 Å². The molecule has 0 aliphatic carbocycles. The van der Waals surface area contributed by atoms with E-state index in [0.717, 1.165) is 45.2 Å². The molecule has 2 aromatic carbocycles. The van der Waals surface area contributed by atoms with Gasteiger partial charge in [-0.1, -0.05) is 30.3 Å². The molecule has 2 aliphatic heterocycles. The third-order valence-electron chi connectivity index (χ3n) is 7.24.